The molecule has 0 bridgehead atoms. The molecule has 5 heteroatoms. The Morgan fingerprint density at radius 3 is 3.31 bits per heavy atom. The van der Waals surface area contributed by atoms with Crippen LogP contribution in [0.2, 0.25) is 0 Å². The van der Waals surface area contributed by atoms with Crippen LogP contribution in [-0.2, 0) is 13.1 Å². The zero-order chi connectivity index (χ0) is 11.4. The van der Waals surface area contributed by atoms with Crippen LogP contribution >= 0.6 is 0 Å². The Morgan fingerprint density at radius 1 is 1.69 bits per heavy atom. The molecule has 1 saturated heterocycles. The molecule has 1 aliphatic rings. The summed E-state index contributed by atoms with van der Waals surface area (Å²) in [5.41, 5.74) is 1.18. The maximum atomic E-state index is 9.06. The summed E-state index contributed by atoms with van der Waals surface area (Å²) in [6.07, 6.45) is 3.73. The largest absolute Gasteiger partial charge is 0.334 e. The molecule has 86 valence electrons. The van der Waals surface area contributed by atoms with Crippen molar-refractivity contribution in [2.24, 2.45) is 0 Å². The Labute approximate surface area is 95.7 Å². The summed E-state index contributed by atoms with van der Waals surface area (Å²) in [7, 11) is 0. The van der Waals surface area contributed by atoms with Gasteiger partial charge in [-0.05, 0) is 6.92 Å². The van der Waals surface area contributed by atoms with Gasteiger partial charge in [0.2, 0.25) is 0 Å². The van der Waals surface area contributed by atoms with Gasteiger partial charge in [-0.2, -0.15) is 5.26 Å². The minimum atomic E-state index is -0.0195. The fourth-order valence-corrected chi connectivity index (χ4v) is 2.04. The first-order valence-corrected chi connectivity index (χ1v) is 5.68. The van der Waals surface area contributed by atoms with E-state index in [1.165, 1.54) is 5.69 Å². The molecule has 0 saturated carbocycles. The van der Waals surface area contributed by atoms with Crippen LogP contribution in [0, 0.1) is 11.3 Å². The molecule has 16 heavy (non-hydrogen) atoms. The van der Waals surface area contributed by atoms with Gasteiger partial charge in [0.05, 0.1) is 18.1 Å². The summed E-state index contributed by atoms with van der Waals surface area (Å²) in [4.78, 5) is 6.36. The van der Waals surface area contributed by atoms with Gasteiger partial charge in [0, 0.05) is 38.9 Å². The zero-order valence-electron chi connectivity index (χ0n) is 9.56. The van der Waals surface area contributed by atoms with Crippen molar-refractivity contribution >= 4 is 0 Å². The second-order valence-electron chi connectivity index (χ2n) is 3.99. The van der Waals surface area contributed by atoms with E-state index in [2.05, 4.69) is 32.8 Å². The fraction of sp³-hybridized carbons (Fsp3) is 0.636. The maximum absolute atomic E-state index is 9.06. The molecular weight excluding hydrogens is 202 g/mol. The third-order valence-electron chi connectivity index (χ3n) is 3.01. The predicted octanol–water partition coefficient (Wildman–Crippen LogP) is 0.200. The van der Waals surface area contributed by atoms with E-state index in [-0.39, 0.29) is 6.04 Å². The molecule has 1 aromatic heterocycles. The lowest BCUT2D eigenvalue weighted by Gasteiger charge is -2.31. The van der Waals surface area contributed by atoms with Gasteiger partial charge in [0.1, 0.15) is 6.04 Å². The van der Waals surface area contributed by atoms with Crippen LogP contribution in [-0.4, -0.2) is 40.1 Å². The minimum absolute atomic E-state index is 0.0195. The van der Waals surface area contributed by atoms with Crippen molar-refractivity contribution in [3.8, 4) is 6.07 Å². The quantitative estimate of drug-likeness (QED) is 0.789. The number of nitriles is 1. The third-order valence-corrected chi connectivity index (χ3v) is 3.01. The van der Waals surface area contributed by atoms with E-state index in [9.17, 15) is 0 Å². The monoisotopic (exact) mass is 219 g/mol. The molecule has 0 aliphatic carbocycles. The lowest BCUT2D eigenvalue weighted by atomic mass is 10.2. The molecule has 0 aromatic carbocycles. The Morgan fingerprint density at radius 2 is 2.56 bits per heavy atom. The first kappa shape index (κ1) is 11.1. The SMILES string of the molecule is CCn1cncc1CN1CCNCC1C#N. The molecule has 0 spiro atoms. The van der Waals surface area contributed by atoms with Crippen molar-refractivity contribution in [1.82, 2.24) is 19.8 Å². The topological polar surface area (TPSA) is 56.9 Å². The van der Waals surface area contributed by atoms with E-state index in [4.69, 9.17) is 5.26 Å². The fourth-order valence-electron chi connectivity index (χ4n) is 2.04. The summed E-state index contributed by atoms with van der Waals surface area (Å²) in [6, 6.07) is 2.32. The minimum Gasteiger partial charge on any atom is -0.334 e. The smallest absolute Gasteiger partial charge is 0.111 e. The van der Waals surface area contributed by atoms with Gasteiger partial charge in [-0.1, -0.05) is 0 Å². The standard InChI is InChI=1S/C11H17N5/c1-2-15-9-14-7-11(15)8-16-4-3-13-6-10(16)5-12/h7,9-10,13H,2-4,6,8H2,1H3. The number of aryl methyl sites for hydroxylation is 1. The first-order valence-electron chi connectivity index (χ1n) is 5.68. The highest BCUT2D eigenvalue weighted by Crippen LogP contribution is 2.09. The lowest BCUT2D eigenvalue weighted by Crippen LogP contribution is -2.50. The van der Waals surface area contributed by atoms with Crippen LogP contribution in [0.1, 0.15) is 12.6 Å². The molecule has 1 aromatic rings. The normalized spacial score (nSPS) is 21.9. The number of hydrogen-bond donors (Lipinski definition) is 1. The van der Waals surface area contributed by atoms with Gasteiger partial charge in [-0.15, -0.1) is 0 Å². The maximum Gasteiger partial charge on any atom is 0.111 e. The van der Waals surface area contributed by atoms with Crippen molar-refractivity contribution in [3.05, 3.63) is 18.2 Å². The van der Waals surface area contributed by atoms with Crippen LogP contribution in [0.5, 0.6) is 0 Å². The van der Waals surface area contributed by atoms with Gasteiger partial charge in [0.15, 0.2) is 0 Å². The van der Waals surface area contributed by atoms with E-state index < -0.39 is 0 Å². The number of hydrogen-bond acceptors (Lipinski definition) is 4. The number of nitrogens with zero attached hydrogens (tertiary/aromatic N) is 4. The first-order chi connectivity index (χ1) is 7.85. The van der Waals surface area contributed by atoms with Crippen LogP contribution < -0.4 is 5.32 Å². The Bertz CT molecular complexity index is 378. The average molecular weight is 219 g/mol. The predicted molar refractivity (Wildman–Crippen MR) is 60.6 cm³/mol. The van der Waals surface area contributed by atoms with E-state index in [0.29, 0.717) is 0 Å². The molecule has 2 heterocycles. The van der Waals surface area contributed by atoms with Crippen LogP contribution in [0.4, 0.5) is 0 Å². The highest BCUT2D eigenvalue weighted by molar-refractivity contribution is 5.03. The molecule has 1 N–H and O–H groups in total. The number of aromatic nitrogens is 2. The molecule has 1 fully saturated rings. The molecule has 1 atom stereocenters. The van der Waals surface area contributed by atoms with Crippen molar-refractivity contribution in [1.29, 1.82) is 5.26 Å². The molecule has 0 amide bonds. The van der Waals surface area contributed by atoms with Crippen molar-refractivity contribution in [2.45, 2.75) is 26.1 Å². The van der Waals surface area contributed by atoms with E-state index in [1.807, 2.05) is 12.5 Å². The Hall–Kier alpha value is -1.38. The Balaban J connectivity index is 2.05. The highest BCUT2D eigenvalue weighted by Gasteiger charge is 2.22. The van der Waals surface area contributed by atoms with Gasteiger partial charge < -0.3 is 9.88 Å². The summed E-state index contributed by atoms with van der Waals surface area (Å²) in [5.74, 6) is 0. The number of imidazole rings is 1. The van der Waals surface area contributed by atoms with E-state index in [0.717, 1.165) is 32.7 Å². The number of nitrogens with one attached hydrogen (secondary N) is 1. The molecular formula is C11H17N5. The van der Waals surface area contributed by atoms with Crippen molar-refractivity contribution in [3.63, 3.8) is 0 Å². The van der Waals surface area contributed by atoms with Crippen molar-refractivity contribution in [2.75, 3.05) is 19.6 Å². The molecule has 2 rings (SSSR count). The average Bonchev–Trinajstić information content (AvgIpc) is 2.77. The van der Waals surface area contributed by atoms with Crippen molar-refractivity contribution < 1.29 is 0 Å². The van der Waals surface area contributed by atoms with Crippen LogP contribution in [0.25, 0.3) is 0 Å². The lowest BCUT2D eigenvalue weighted by molar-refractivity contribution is 0.185. The third kappa shape index (κ3) is 2.23. The Kier molecular flexibility index (Phi) is 3.54. The molecule has 1 aliphatic heterocycles. The second-order valence-corrected chi connectivity index (χ2v) is 3.99. The second kappa shape index (κ2) is 5.10. The zero-order valence-corrected chi connectivity index (χ0v) is 9.56. The van der Waals surface area contributed by atoms with Gasteiger partial charge in [0.25, 0.3) is 0 Å². The number of rotatable bonds is 3. The van der Waals surface area contributed by atoms with Crippen LogP contribution in [0.15, 0.2) is 12.5 Å². The molecule has 5 nitrogen and oxygen atoms in total. The van der Waals surface area contributed by atoms with Crippen LogP contribution in [0.3, 0.4) is 0 Å². The summed E-state index contributed by atoms with van der Waals surface area (Å²) in [5, 5.41) is 12.3. The summed E-state index contributed by atoms with van der Waals surface area (Å²) >= 11 is 0. The van der Waals surface area contributed by atoms with Gasteiger partial charge in [-0.3, -0.25) is 4.90 Å². The van der Waals surface area contributed by atoms with E-state index >= 15 is 0 Å². The summed E-state index contributed by atoms with van der Waals surface area (Å²) in [6.45, 7) is 6.49. The molecule has 1 unspecified atom stereocenters. The molecule has 0 radical (unpaired) electrons. The summed E-state index contributed by atoms with van der Waals surface area (Å²) < 4.78 is 2.12. The highest BCUT2D eigenvalue weighted by atomic mass is 15.2. The van der Waals surface area contributed by atoms with Gasteiger partial charge in [-0.25, -0.2) is 4.98 Å². The number of piperazine rings is 1. The van der Waals surface area contributed by atoms with Gasteiger partial charge >= 0.3 is 0 Å². The van der Waals surface area contributed by atoms with E-state index in [1.54, 1.807) is 0 Å².